The Kier molecular flexibility index (Phi) is 6.69. The van der Waals surface area contributed by atoms with Crippen molar-refractivity contribution in [3.63, 3.8) is 0 Å². The normalized spacial score (nSPS) is 18.3. The average molecular weight is 482 g/mol. The van der Waals surface area contributed by atoms with Crippen molar-refractivity contribution in [3.05, 3.63) is 79.9 Å². The molecule has 0 saturated carbocycles. The van der Waals surface area contributed by atoms with Crippen molar-refractivity contribution < 1.29 is 9.53 Å². The second-order valence-corrected chi connectivity index (χ2v) is 10.4. The number of fused-ring (bicyclic) bond motifs is 3. The van der Waals surface area contributed by atoms with Crippen molar-refractivity contribution in [2.24, 2.45) is 0 Å². The third-order valence-corrected chi connectivity index (χ3v) is 8.24. The SMILES string of the molecule is Cc1cc(=O)c(C(=O)NCCN2CCOCC2)c2n1-c1ccccc1SC(c1ccsc1)C2. The summed E-state index contributed by atoms with van der Waals surface area (Å²) in [5, 5.41) is 7.38. The molecule has 1 N–H and O–H groups in total. The van der Waals surface area contributed by atoms with Crippen molar-refractivity contribution >= 4 is 29.0 Å². The predicted octanol–water partition coefficient (Wildman–Crippen LogP) is 3.66. The Morgan fingerprint density at radius 2 is 2.03 bits per heavy atom. The Hall–Kier alpha value is -2.39. The highest BCUT2D eigenvalue weighted by atomic mass is 32.2. The maximum Gasteiger partial charge on any atom is 0.257 e. The number of aromatic nitrogens is 1. The molecule has 0 radical (unpaired) electrons. The van der Waals surface area contributed by atoms with E-state index in [2.05, 4.69) is 43.7 Å². The highest BCUT2D eigenvalue weighted by Gasteiger charge is 2.29. The molecule has 172 valence electrons. The number of para-hydroxylation sites is 1. The number of hydrogen-bond donors (Lipinski definition) is 1. The van der Waals surface area contributed by atoms with Crippen LogP contribution in [-0.2, 0) is 11.2 Å². The van der Waals surface area contributed by atoms with Crippen LogP contribution in [0.15, 0.2) is 56.8 Å². The third kappa shape index (κ3) is 4.66. The number of ether oxygens (including phenoxy) is 1. The van der Waals surface area contributed by atoms with Crippen molar-refractivity contribution in [1.29, 1.82) is 0 Å². The molecule has 0 aliphatic carbocycles. The van der Waals surface area contributed by atoms with Crippen molar-refractivity contribution in [1.82, 2.24) is 14.8 Å². The van der Waals surface area contributed by atoms with Crippen molar-refractivity contribution in [2.45, 2.75) is 23.5 Å². The molecular weight excluding hydrogens is 454 g/mol. The smallest absolute Gasteiger partial charge is 0.257 e. The fourth-order valence-corrected chi connectivity index (χ4v) is 6.63. The van der Waals surface area contributed by atoms with Gasteiger partial charge in [-0.25, -0.2) is 0 Å². The first-order valence-corrected chi connectivity index (χ1v) is 13.1. The maximum absolute atomic E-state index is 13.3. The minimum atomic E-state index is -0.287. The van der Waals surface area contributed by atoms with Crippen LogP contribution in [0.25, 0.3) is 5.69 Å². The average Bonchev–Trinajstić information content (AvgIpc) is 3.29. The number of thioether (sulfide) groups is 1. The first-order valence-electron chi connectivity index (χ1n) is 11.2. The van der Waals surface area contributed by atoms with Gasteiger partial charge in [0.2, 0.25) is 0 Å². The largest absolute Gasteiger partial charge is 0.379 e. The van der Waals surface area contributed by atoms with E-state index in [0.717, 1.165) is 54.8 Å². The fraction of sp³-hybridized carbons (Fsp3) is 0.360. The van der Waals surface area contributed by atoms with E-state index in [1.165, 1.54) is 5.56 Å². The van der Waals surface area contributed by atoms with E-state index in [1.54, 1.807) is 29.2 Å². The summed E-state index contributed by atoms with van der Waals surface area (Å²) in [6, 6.07) is 12.0. The van der Waals surface area contributed by atoms with Gasteiger partial charge in [0.1, 0.15) is 5.56 Å². The van der Waals surface area contributed by atoms with Crippen LogP contribution in [0.5, 0.6) is 0 Å². The lowest BCUT2D eigenvalue weighted by Crippen LogP contribution is -2.42. The van der Waals surface area contributed by atoms with Gasteiger partial charge in [-0.2, -0.15) is 11.3 Å². The van der Waals surface area contributed by atoms with Crippen LogP contribution >= 0.6 is 23.1 Å². The summed E-state index contributed by atoms with van der Waals surface area (Å²) in [5.41, 5.74) is 3.93. The van der Waals surface area contributed by atoms with E-state index in [4.69, 9.17) is 4.74 Å². The summed E-state index contributed by atoms with van der Waals surface area (Å²) in [5.74, 6) is -0.287. The second kappa shape index (κ2) is 9.85. The number of rotatable bonds is 5. The van der Waals surface area contributed by atoms with Crippen LogP contribution in [-0.4, -0.2) is 54.8 Å². The predicted molar refractivity (Wildman–Crippen MR) is 133 cm³/mol. The number of aryl methyl sites for hydroxylation is 1. The lowest BCUT2D eigenvalue weighted by Gasteiger charge is -2.26. The van der Waals surface area contributed by atoms with Gasteiger partial charge < -0.3 is 14.6 Å². The summed E-state index contributed by atoms with van der Waals surface area (Å²) >= 11 is 3.47. The fourth-order valence-electron chi connectivity index (χ4n) is 4.56. The lowest BCUT2D eigenvalue weighted by molar-refractivity contribution is 0.0383. The molecule has 0 spiro atoms. The van der Waals surface area contributed by atoms with Gasteiger partial charge in [-0.1, -0.05) is 12.1 Å². The third-order valence-electron chi connectivity index (χ3n) is 6.21. The number of amides is 1. The first kappa shape index (κ1) is 22.4. The Morgan fingerprint density at radius 3 is 2.82 bits per heavy atom. The Morgan fingerprint density at radius 1 is 1.21 bits per heavy atom. The minimum Gasteiger partial charge on any atom is -0.379 e. The van der Waals surface area contributed by atoms with Crippen LogP contribution in [0.4, 0.5) is 0 Å². The summed E-state index contributed by atoms with van der Waals surface area (Å²) < 4.78 is 7.50. The quantitative estimate of drug-likeness (QED) is 0.603. The van der Waals surface area contributed by atoms with Gasteiger partial charge >= 0.3 is 0 Å². The molecular formula is C25H27N3O3S2. The van der Waals surface area contributed by atoms with Crippen LogP contribution in [0.1, 0.15) is 32.6 Å². The lowest BCUT2D eigenvalue weighted by atomic mass is 10.0. The van der Waals surface area contributed by atoms with Crippen molar-refractivity contribution in [3.8, 4) is 5.69 Å². The van der Waals surface area contributed by atoms with Gasteiger partial charge in [-0.3, -0.25) is 14.5 Å². The van der Waals surface area contributed by atoms with Crippen LogP contribution < -0.4 is 10.7 Å². The Labute approximate surface area is 201 Å². The van der Waals surface area contributed by atoms with Crippen LogP contribution in [0, 0.1) is 6.92 Å². The number of carbonyl (C=O) groups excluding carboxylic acids is 1. The van der Waals surface area contributed by atoms with E-state index in [-0.39, 0.29) is 22.1 Å². The topological polar surface area (TPSA) is 63.6 Å². The number of nitrogens with zero attached hydrogens (tertiary/aromatic N) is 2. The minimum absolute atomic E-state index is 0.132. The highest BCUT2D eigenvalue weighted by Crippen LogP contribution is 2.44. The molecule has 1 atom stereocenters. The molecule has 2 aliphatic rings. The molecule has 5 rings (SSSR count). The Bertz CT molecular complexity index is 1200. The van der Waals surface area contributed by atoms with E-state index in [1.807, 2.05) is 19.1 Å². The molecule has 6 nitrogen and oxygen atoms in total. The number of hydrogen-bond acceptors (Lipinski definition) is 6. The van der Waals surface area contributed by atoms with E-state index in [9.17, 15) is 9.59 Å². The van der Waals surface area contributed by atoms with Gasteiger partial charge in [0, 0.05) is 60.2 Å². The Balaban J connectivity index is 1.51. The zero-order chi connectivity index (χ0) is 22.8. The summed E-state index contributed by atoms with van der Waals surface area (Å²) in [6.45, 7) is 6.39. The zero-order valence-electron chi connectivity index (χ0n) is 18.6. The molecule has 2 aromatic heterocycles. The van der Waals surface area contributed by atoms with Gasteiger partial charge in [0.15, 0.2) is 5.43 Å². The summed E-state index contributed by atoms with van der Waals surface area (Å²) in [7, 11) is 0. The van der Waals surface area contributed by atoms with E-state index in [0.29, 0.717) is 13.0 Å². The number of nitrogens with one attached hydrogen (secondary N) is 1. The van der Waals surface area contributed by atoms with E-state index >= 15 is 0 Å². The molecule has 1 amide bonds. The molecule has 1 fully saturated rings. The number of pyridine rings is 1. The molecule has 1 aromatic carbocycles. The molecule has 4 heterocycles. The van der Waals surface area contributed by atoms with Crippen molar-refractivity contribution in [2.75, 3.05) is 39.4 Å². The number of carbonyl (C=O) groups is 1. The number of thiophene rings is 1. The number of benzene rings is 1. The molecule has 33 heavy (non-hydrogen) atoms. The molecule has 1 unspecified atom stereocenters. The highest BCUT2D eigenvalue weighted by molar-refractivity contribution is 7.99. The molecule has 1 saturated heterocycles. The van der Waals surface area contributed by atoms with Crippen LogP contribution in [0.3, 0.4) is 0 Å². The van der Waals surface area contributed by atoms with Gasteiger partial charge in [-0.15, -0.1) is 11.8 Å². The zero-order valence-corrected chi connectivity index (χ0v) is 20.2. The number of morpholine rings is 1. The first-order chi connectivity index (χ1) is 16.1. The molecule has 8 heteroatoms. The maximum atomic E-state index is 13.3. The summed E-state index contributed by atoms with van der Waals surface area (Å²) in [6.07, 6.45) is 0.610. The standard InChI is InChI=1S/C25H27N3O3S2/c1-17-14-21(29)24(25(30)26-7-8-27-9-11-31-12-10-27)20-15-23(18-6-13-32-16-18)33-22-5-3-2-4-19(22)28(17)20/h2-6,13-14,16,23H,7-12,15H2,1H3,(H,26,30). The second-order valence-electron chi connectivity index (χ2n) is 8.35. The summed E-state index contributed by atoms with van der Waals surface area (Å²) in [4.78, 5) is 29.9. The van der Waals surface area contributed by atoms with Gasteiger partial charge in [0.25, 0.3) is 5.91 Å². The molecule has 3 aromatic rings. The monoisotopic (exact) mass is 481 g/mol. The van der Waals surface area contributed by atoms with Gasteiger partial charge in [-0.05, 0) is 41.4 Å². The molecule has 2 aliphatic heterocycles. The van der Waals surface area contributed by atoms with Crippen LogP contribution in [0.2, 0.25) is 0 Å². The van der Waals surface area contributed by atoms with Gasteiger partial charge in [0.05, 0.1) is 18.9 Å². The van der Waals surface area contributed by atoms with E-state index < -0.39 is 0 Å². The molecule has 0 bridgehead atoms.